The van der Waals surface area contributed by atoms with E-state index in [1.165, 1.54) is 24.3 Å². The van der Waals surface area contributed by atoms with Crippen LogP contribution in [0.3, 0.4) is 0 Å². The van der Waals surface area contributed by atoms with Crippen molar-refractivity contribution in [3.05, 3.63) is 70.8 Å². The van der Waals surface area contributed by atoms with Crippen molar-refractivity contribution >= 4 is 11.7 Å². The Morgan fingerprint density at radius 2 is 1.35 bits per heavy atom. The van der Waals surface area contributed by atoms with Crippen molar-refractivity contribution < 1.29 is 8.78 Å². The van der Waals surface area contributed by atoms with Gasteiger partial charge in [0.2, 0.25) is 0 Å². The lowest BCUT2D eigenvalue weighted by Crippen LogP contribution is -1.86. The molecule has 1 nitrogen and oxygen atoms in total. The number of nitrogens with zero attached hydrogens (tertiary/aromatic N) is 1. The predicted molar refractivity (Wildman–Crippen MR) is 76.0 cm³/mol. The van der Waals surface area contributed by atoms with Crippen LogP contribution >= 0.6 is 0 Å². The van der Waals surface area contributed by atoms with Crippen molar-refractivity contribution in [2.45, 2.75) is 13.3 Å². The minimum absolute atomic E-state index is 0.126. The summed E-state index contributed by atoms with van der Waals surface area (Å²) in [5.41, 5.74) is 1.82. The molecule has 0 heterocycles. The highest BCUT2D eigenvalue weighted by atomic mass is 19.2. The minimum Gasteiger partial charge on any atom is -0.203 e. The van der Waals surface area contributed by atoms with Crippen molar-refractivity contribution in [1.29, 1.82) is 5.26 Å². The van der Waals surface area contributed by atoms with E-state index in [2.05, 4.69) is 0 Å². The molecule has 0 unspecified atom stereocenters. The van der Waals surface area contributed by atoms with Crippen LogP contribution in [0.25, 0.3) is 11.7 Å². The fraction of sp³-hybridized carbons (Fsp3) is 0.118. The van der Waals surface area contributed by atoms with Crippen LogP contribution in [0.5, 0.6) is 0 Å². The summed E-state index contributed by atoms with van der Waals surface area (Å²) in [4.78, 5) is 0. The van der Waals surface area contributed by atoms with Gasteiger partial charge in [0.15, 0.2) is 11.7 Å². The number of hydrogen-bond donors (Lipinski definition) is 0. The van der Waals surface area contributed by atoms with E-state index < -0.39 is 11.7 Å². The first-order chi connectivity index (χ1) is 9.65. The van der Waals surface area contributed by atoms with Gasteiger partial charge in [0.25, 0.3) is 0 Å². The third-order valence-corrected chi connectivity index (χ3v) is 3.08. The molecule has 0 aromatic heterocycles. The van der Waals surface area contributed by atoms with Gasteiger partial charge >= 0.3 is 0 Å². The fourth-order valence-corrected chi connectivity index (χ4v) is 1.83. The average Bonchev–Trinajstić information content (AvgIpc) is 2.53. The van der Waals surface area contributed by atoms with E-state index in [0.29, 0.717) is 5.56 Å². The maximum Gasteiger partial charge on any atom is 0.166 e. The molecule has 0 atom stereocenters. The summed E-state index contributed by atoms with van der Waals surface area (Å²) in [6.07, 6.45) is 0.851. The van der Waals surface area contributed by atoms with Crippen molar-refractivity contribution in [3.8, 4) is 6.07 Å². The number of benzene rings is 2. The summed E-state index contributed by atoms with van der Waals surface area (Å²) in [5.74, 6) is -1.81. The maximum atomic E-state index is 14.1. The molecule has 0 amide bonds. The van der Waals surface area contributed by atoms with Crippen molar-refractivity contribution in [3.63, 3.8) is 0 Å². The van der Waals surface area contributed by atoms with E-state index in [-0.39, 0.29) is 11.1 Å². The molecular weight excluding hydrogens is 256 g/mol. The fourth-order valence-electron chi connectivity index (χ4n) is 1.83. The van der Waals surface area contributed by atoms with E-state index in [9.17, 15) is 8.78 Å². The highest BCUT2D eigenvalue weighted by molar-refractivity contribution is 5.83. The van der Waals surface area contributed by atoms with Gasteiger partial charge in [-0.1, -0.05) is 43.3 Å². The molecule has 100 valence electrons. The molecule has 0 fully saturated rings. The molecule has 0 aliphatic carbocycles. The Morgan fingerprint density at radius 3 is 1.75 bits per heavy atom. The summed E-state index contributed by atoms with van der Waals surface area (Å²) >= 11 is 0. The van der Waals surface area contributed by atoms with Crippen LogP contribution in [-0.2, 0) is 6.42 Å². The Bertz CT molecular complexity index is 662. The number of nitriles is 1. The summed E-state index contributed by atoms with van der Waals surface area (Å²) in [6, 6.07) is 14.3. The van der Waals surface area contributed by atoms with Gasteiger partial charge in [-0.25, -0.2) is 8.78 Å². The molecule has 3 heteroatoms. The molecule has 20 heavy (non-hydrogen) atoms. The third-order valence-electron chi connectivity index (χ3n) is 3.08. The number of hydrogen-bond acceptors (Lipinski definition) is 1. The van der Waals surface area contributed by atoms with Gasteiger partial charge in [-0.3, -0.25) is 0 Å². The Hall–Kier alpha value is -2.47. The van der Waals surface area contributed by atoms with Gasteiger partial charge in [0.05, 0.1) is 11.6 Å². The Kier molecular flexibility index (Phi) is 4.27. The van der Waals surface area contributed by atoms with Gasteiger partial charge in [0, 0.05) is 11.1 Å². The lowest BCUT2D eigenvalue weighted by atomic mass is 10.1. The molecule has 2 aromatic carbocycles. The molecule has 0 spiro atoms. The monoisotopic (exact) mass is 269 g/mol. The summed E-state index contributed by atoms with van der Waals surface area (Å²) < 4.78 is 28.1. The predicted octanol–water partition coefficient (Wildman–Crippen LogP) is 4.89. The van der Waals surface area contributed by atoms with E-state index >= 15 is 0 Å². The van der Waals surface area contributed by atoms with Crippen LogP contribution < -0.4 is 0 Å². The van der Waals surface area contributed by atoms with Crippen LogP contribution in [-0.4, -0.2) is 0 Å². The van der Waals surface area contributed by atoms with Crippen LogP contribution in [0, 0.1) is 11.3 Å². The Morgan fingerprint density at radius 1 is 0.900 bits per heavy atom. The maximum absolute atomic E-state index is 14.1. The quantitative estimate of drug-likeness (QED) is 0.728. The van der Waals surface area contributed by atoms with Gasteiger partial charge in [-0.05, 0) is 24.1 Å². The largest absolute Gasteiger partial charge is 0.203 e. The van der Waals surface area contributed by atoms with Crippen molar-refractivity contribution in [2.75, 3.05) is 0 Å². The first kappa shape index (κ1) is 14.0. The SMILES string of the molecule is CCc1ccc(C(F)=C(F)c2ccc(C#N)cc2)cc1. The smallest absolute Gasteiger partial charge is 0.166 e. The first-order valence-electron chi connectivity index (χ1n) is 6.30. The molecule has 0 aliphatic rings. The zero-order valence-corrected chi connectivity index (χ0v) is 11.0. The Balaban J connectivity index is 2.35. The Labute approximate surface area is 116 Å². The topological polar surface area (TPSA) is 23.8 Å². The second-order valence-electron chi connectivity index (χ2n) is 4.37. The molecule has 0 saturated heterocycles. The van der Waals surface area contributed by atoms with Crippen molar-refractivity contribution in [1.82, 2.24) is 0 Å². The highest BCUT2D eigenvalue weighted by Crippen LogP contribution is 2.29. The number of rotatable bonds is 3. The molecule has 0 bridgehead atoms. The molecule has 0 aliphatic heterocycles. The second-order valence-corrected chi connectivity index (χ2v) is 4.37. The first-order valence-corrected chi connectivity index (χ1v) is 6.30. The molecular formula is C17H13F2N. The standard InChI is InChI=1S/C17H13F2N/c1-2-12-3-7-14(8-4-12)16(18)17(19)15-9-5-13(11-20)6-10-15/h3-10H,2H2,1H3. The highest BCUT2D eigenvalue weighted by Gasteiger charge is 2.11. The molecule has 2 rings (SSSR count). The zero-order valence-electron chi connectivity index (χ0n) is 11.0. The molecule has 0 N–H and O–H groups in total. The van der Waals surface area contributed by atoms with Crippen molar-refractivity contribution in [2.24, 2.45) is 0 Å². The van der Waals surface area contributed by atoms with Gasteiger partial charge in [-0.15, -0.1) is 0 Å². The minimum atomic E-state index is -0.918. The molecule has 2 aromatic rings. The molecule has 0 saturated carbocycles. The summed E-state index contributed by atoms with van der Waals surface area (Å²) in [6.45, 7) is 2.00. The van der Waals surface area contributed by atoms with E-state index in [4.69, 9.17) is 5.26 Å². The summed E-state index contributed by atoms with van der Waals surface area (Å²) in [5, 5.41) is 8.67. The van der Waals surface area contributed by atoms with Crippen LogP contribution in [0.1, 0.15) is 29.2 Å². The van der Waals surface area contributed by atoms with Gasteiger partial charge < -0.3 is 0 Å². The van der Waals surface area contributed by atoms with Crippen LogP contribution in [0.15, 0.2) is 48.5 Å². The van der Waals surface area contributed by atoms with E-state index in [0.717, 1.165) is 12.0 Å². The second kappa shape index (κ2) is 6.12. The van der Waals surface area contributed by atoms with Crippen LogP contribution in [0.2, 0.25) is 0 Å². The van der Waals surface area contributed by atoms with Crippen LogP contribution in [0.4, 0.5) is 8.78 Å². The van der Waals surface area contributed by atoms with E-state index in [1.54, 1.807) is 24.3 Å². The number of halogens is 2. The zero-order chi connectivity index (χ0) is 14.5. The molecule has 0 radical (unpaired) electrons. The average molecular weight is 269 g/mol. The van der Waals surface area contributed by atoms with Gasteiger partial charge in [-0.2, -0.15) is 5.26 Å². The lowest BCUT2D eigenvalue weighted by molar-refractivity contribution is 0.700. The summed E-state index contributed by atoms with van der Waals surface area (Å²) in [7, 11) is 0. The third kappa shape index (κ3) is 2.92. The van der Waals surface area contributed by atoms with E-state index in [1.807, 2.05) is 13.0 Å². The lowest BCUT2D eigenvalue weighted by Gasteiger charge is -2.03. The number of aryl methyl sites for hydroxylation is 1. The normalized spacial score (nSPS) is 11.7. The van der Waals surface area contributed by atoms with Gasteiger partial charge in [0.1, 0.15) is 0 Å².